The molecule has 0 bridgehead atoms. The van der Waals surface area contributed by atoms with Crippen LogP contribution in [0.4, 0.5) is 15.9 Å². The normalized spacial score (nSPS) is 19.1. The average molecular weight is 473 g/mol. The van der Waals surface area contributed by atoms with E-state index >= 15 is 0 Å². The Labute approximate surface area is 196 Å². The number of rotatable bonds is 8. The van der Waals surface area contributed by atoms with Gasteiger partial charge in [0.1, 0.15) is 30.7 Å². The van der Waals surface area contributed by atoms with Crippen molar-refractivity contribution in [1.82, 2.24) is 14.9 Å². The van der Waals surface area contributed by atoms with Crippen LogP contribution in [0.3, 0.4) is 0 Å². The van der Waals surface area contributed by atoms with Crippen LogP contribution in [0.5, 0.6) is 11.5 Å². The number of anilines is 2. The van der Waals surface area contributed by atoms with Gasteiger partial charge in [-0.25, -0.2) is 14.4 Å². The van der Waals surface area contributed by atoms with E-state index < -0.39 is 11.9 Å². The first-order chi connectivity index (χ1) is 15.9. The number of methoxy groups -OCH3 is 1. The first-order valence-electron chi connectivity index (χ1n) is 10.7. The van der Waals surface area contributed by atoms with Crippen molar-refractivity contribution < 1.29 is 19.0 Å². The van der Waals surface area contributed by atoms with Gasteiger partial charge in [-0.1, -0.05) is 23.8 Å². The van der Waals surface area contributed by atoms with Crippen LogP contribution in [0, 0.1) is 5.82 Å². The predicted molar refractivity (Wildman–Crippen MR) is 127 cm³/mol. The Bertz CT molecular complexity index is 1160. The van der Waals surface area contributed by atoms with Gasteiger partial charge >= 0.3 is 0 Å². The van der Waals surface area contributed by atoms with Gasteiger partial charge in [-0.2, -0.15) is 0 Å². The fourth-order valence-electron chi connectivity index (χ4n) is 3.88. The fraction of sp³-hybridized carbons (Fsp3) is 0.333. The number of fused-ring (bicyclic) bond motifs is 1. The van der Waals surface area contributed by atoms with E-state index in [-0.39, 0.29) is 24.4 Å². The van der Waals surface area contributed by atoms with Crippen molar-refractivity contribution >= 4 is 34.0 Å². The molecule has 2 aromatic carbocycles. The third kappa shape index (κ3) is 5.19. The SMILES string of the molecule is COc1cc2c(Nc3ccc(Cl)cc3F)ncnc2cc1OCC(O)CN1C(C)C=CC1C. The Kier molecular flexibility index (Phi) is 6.97. The number of β-amino-alcohol motifs (C(OH)–C–C–N with tert-alkyl or cyclic N) is 1. The van der Waals surface area contributed by atoms with Gasteiger partial charge in [0.05, 0.1) is 18.3 Å². The second-order valence-electron chi connectivity index (χ2n) is 8.02. The second-order valence-corrected chi connectivity index (χ2v) is 8.46. The number of halogens is 2. The van der Waals surface area contributed by atoms with E-state index in [1.807, 2.05) is 0 Å². The molecule has 3 unspecified atom stereocenters. The van der Waals surface area contributed by atoms with E-state index in [1.54, 1.807) is 24.3 Å². The monoisotopic (exact) mass is 472 g/mol. The van der Waals surface area contributed by atoms with E-state index in [2.05, 4.69) is 46.2 Å². The Balaban J connectivity index is 1.52. The molecule has 9 heteroatoms. The number of nitrogens with zero attached hydrogens (tertiary/aromatic N) is 3. The number of aromatic nitrogens is 2. The standard InChI is InChI=1S/C24H26ClFN4O3/c1-14-4-5-15(2)30(14)11-17(31)12-33-23-10-21-18(9-22(23)32-3)24(28-13-27-21)29-20-7-6-16(25)8-19(20)26/h4-10,13-15,17,31H,11-12H2,1-3H3,(H,27,28,29). The first-order valence-corrected chi connectivity index (χ1v) is 11.0. The van der Waals surface area contributed by atoms with Gasteiger partial charge < -0.3 is 19.9 Å². The summed E-state index contributed by atoms with van der Waals surface area (Å²) in [4.78, 5) is 10.8. The molecule has 0 spiro atoms. The molecule has 3 atom stereocenters. The summed E-state index contributed by atoms with van der Waals surface area (Å²) in [7, 11) is 1.53. The summed E-state index contributed by atoms with van der Waals surface area (Å²) in [6, 6.07) is 8.35. The molecule has 3 aromatic rings. The second kappa shape index (κ2) is 9.91. The maximum atomic E-state index is 14.2. The van der Waals surface area contributed by atoms with Gasteiger partial charge in [-0.05, 0) is 38.1 Å². The van der Waals surface area contributed by atoms with Gasteiger partial charge in [0.25, 0.3) is 0 Å². The van der Waals surface area contributed by atoms with E-state index in [9.17, 15) is 9.50 Å². The number of hydrogen-bond donors (Lipinski definition) is 2. The van der Waals surface area contributed by atoms with Crippen molar-refractivity contribution in [2.24, 2.45) is 0 Å². The number of aliphatic hydroxyl groups is 1. The van der Waals surface area contributed by atoms with Gasteiger partial charge in [0.2, 0.25) is 0 Å². The summed E-state index contributed by atoms with van der Waals surface area (Å²) in [5, 5.41) is 14.4. The number of hydrogen-bond acceptors (Lipinski definition) is 7. The summed E-state index contributed by atoms with van der Waals surface area (Å²) in [5.74, 6) is 0.823. The molecule has 2 N–H and O–H groups in total. The number of benzene rings is 2. The van der Waals surface area contributed by atoms with Crippen molar-refractivity contribution in [2.45, 2.75) is 32.0 Å². The highest BCUT2D eigenvalue weighted by molar-refractivity contribution is 6.30. The lowest BCUT2D eigenvalue weighted by Gasteiger charge is -2.28. The van der Waals surface area contributed by atoms with E-state index in [4.69, 9.17) is 21.1 Å². The number of aliphatic hydroxyl groups excluding tert-OH is 1. The molecule has 7 nitrogen and oxygen atoms in total. The molecular weight excluding hydrogens is 447 g/mol. The Morgan fingerprint density at radius 2 is 1.91 bits per heavy atom. The van der Waals surface area contributed by atoms with Crippen LogP contribution >= 0.6 is 11.6 Å². The van der Waals surface area contributed by atoms with Gasteiger partial charge in [-0.3, -0.25) is 4.90 Å². The van der Waals surface area contributed by atoms with Crippen molar-refractivity contribution in [3.8, 4) is 11.5 Å². The highest BCUT2D eigenvalue weighted by Gasteiger charge is 2.24. The van der Waals surface area contributed by atoms with Gasteiger partial charge in [0, 0.05) is 35.1 Å². The number of nitrogens with one attached hydrogen (secondary N) is 1. The molecule has 0 fully saturated rings. The molecule has 0 saturated heterocycles. The maximum Gasteiger partial charge on any atom is 0.163 e. The van der Waals surface area contributed by atoms with E-state index in [0.717, 1.165) is 0 Å². The molecule has 0 radical (unpaired) electrons. The first kappa shape index (κ1) is 23.2. The molecule has 0 aliphatic carbocycles. The molecule has 1 aliphatic heterocycles. The van der Waals surface area contributed by atoms with Crippen LogP contribution in [-0.4, -0.2) is 58.4 Å². The summed E-state index contributed by atoms with van der Waals surface area (Å²) >= 11 is 5.84. The van der Waals surface area contributed by atoms with Crippen molar-refractivity contribution in [1.29, 1.82) is 0 Å². The van der Waals surface area contributed by atoms with Gasteiger partial charge in [0.15, 0.2) is 11.5 Å². The van der Waals surface area contributed by atoms with Crippen LogP contribution in [-0.2, 0) is 0 Å². The van der Waals surface area contributed by atoms with Crippen LogP contribution < -0.4 is 14.8 Å². The number of ether oxygens (including phenoxy) is 2. The minimum Gasteiger partial charge on any atom is -0.493 e. The van der Waals surface area contributed by atoms with Crippen molar-refractivity contribution in [3.63, 3.8) is 0 Å². The zero-order valence-electron chi connectivity index (χ0n) is 18.6. The molecule has 4 rings (SSSR count). The molecule has 1 aromatic heterocycles. The third-order valence-corrected chi connectivity index (χ3v) is 5.91. The quantitative estimate of drug-likeness (QED) is 0.465. The van der Waals surface area contributed by atoms with Crippen LogP contribution in [0.2, 0.25) is 5.02 Å². The predicted octanol–water partition coefficient (Wildman–Crippen LogP) is 4.56. The van der Waals surface area contributed by atoms with E-state index in [1.165, 1.54) is 19.5 Å². The molecule has 174 valence electrons. The zero-order chi connectivity index (χ0) is 23.5. The summed E-state index contributed by atoms with van der Waals surface area (Å²) in [6.07, 6.45) is 4.97. The lowest BCUT2D eigenvalue weighted by molar-refractivity contribution is 0.0573. The Morgan fingerprint density at radius 3 is 2.61 bits per heavy atom. The Hall–Kier alpha value is -2.94. The summed E-state index contributed by atoms with van der Waals surface area (Å²) in [6.45, 7) is 4.79. The smallest absolute Gasteiger partial charge is 0.163 e. The van der Waals surface area contributed by atoms with Crippen LogP contribution in [0.25, 0.3) is 10.9 Å². The maximum absolute atomic E-state index is 14.2. The van der Waals surface area contributed by atoms with Crippen molar-refractivity contribution in [3.05, 3.63) is 59.7 Å². The van der Waals surface area contributed by atoms with Crippen molar-refractivity contribution in [2.75, 3.05) is 25.6 Å². The van der Waals surface area contributed by atoms with Crippen LogP contribution in [0.1, 0.15) is 13.8 Å². The lowest BCUT2D eigenvalue weighted by atomic mass is 10.2. The summed E-state index contributed by atoms with van der Waals surface area (Å²) in [5.41, 5.74) is 0.819. The average Bonchev–Trinajstić information content (AvgIpc) is 3.11. The third-order valence-electron chi connectivity index (χ3n) is 5.67. The lowest BCUT2D eigenvalue weighted by Crippen LogP contribution is -2.41. The molecule has 2 heterocycles. The summed E-state index contributed by atoms with van der Waals surface area (Å²) < 4.78 is 25.6. The Morgan fingerprint density at radius 1 is 1.15 bits per heavy atom. The fourth-order valence-corrected chi connectivity index (χ4v) is 4.04. The minimum atomic E-state index is -0.675. The largest absolute Gasteiger partial charge is 0.493 e. The highest BCUT2D eigenvalue weighted by Crippen LogP contribution is 2.35. The zero-order valence-corrected chi connectivity index (χ0v) is 19.4. The van der Waals surface area contributed by atoms with E-state index in [0.29, 0.717) is 39.8 Å². The van der Waals surface area contributed by atoms with Gasteiger partial charge in [-0.15, -0.1) is 0 Å². The molecule has 0 saturated carbocycles. The molecule has 1 aliphatic rings. The molecule has 33 heavy (non-hydrogen) atoms. The molecular formula is C24H26ClFN4O3. The van der Waals surface area contributed by atoms with Crippen LogP contribution in [0.15, 0.2) is 48.8 Å². The topological polar surface area (TPSA) is 79.7 Å². The highest BCUT2D eigenvalue weighted by atomic mass is 35.5. The minimum absolute atomic E-state index is 0.101. The molecule has 0 amide bonds.